The summed E-state index contributed by atoms with van der Waals surface area (Å²) in [6, 6.07) is 5.13. The van der Waals surface area contributed by atoms with Crippen LogP contribution in [0.4, 0.5) is 0 Å². The van der Waals surface area contributed by atoms with Crippen molar-refractivity contribution >= 4 is 26.7 Å². The number of hydrogen-bond donors (Lipinski definition) is 1. The standard InChI is InChI=1S/C11H10BrNO2/c1-6-5-7-8(12)3-4-9(14)10(7)11(15)13(6)2/h3-5,14H,1-2H3. The number of phenols is 1. The van der Waals surface area contributed by atoms with E-state index in [1.165, 1.54) is 10.6 Å². The van der Waals surface area contributed by atoms with Crippen molar-refractivity contribution in [3.05, 3.63) is 38.7 Å². The van der Waals surface area contributed by atoms with Crippen molar-refractivity contribution in [3.8, 4) is 5.75 Å². The van der Waals surface area contributed by atoms with E-state index in [-0.39, 0.29) is 11.3 Å². The molecule has 0 aliphatic carbocycles. The quantitative estimate of drug-likeness (QED) is 0.796. The van der Waals surface area contributed by atoms with Gasteiger partial charge in [0.15, 0.2) is 0 Å². The first kappa shape index (κ1) is 10.2. The predicted molar refractivity (Wildman–Crippen MR) is 63.3 cm³/mol. The third-order valence-electron chi connectivity index (χ3n) is 2.57. The fourth-order valence-corrected chi connectivity index (χ4v) is 2.03. The van der Waals surface area contributed by atoms with E-state index in [2.05, 4.69) is 15.9 Å². The number of aromatic nitrogens is 1. The number of aryl methyl sites for hydroxylation is 1. The summed E-state index contributed by atoms with van der Waals surface area (Å²) in [5.41, 5.74) is 0.683. The molecule has 0 amide bonds. The van der Waals surface area contributed by atoms with Gasteiger partial charge in [0.1, 0.15) is 5.75 Å². The van der Waals surface area contributed by atoms with E-state index in [4.69, 9.17) is 0 Å². The number of nitrogens with zero attached hydrogens (tertiary/aromatic N) is 1. The van der Waals surface area contributed by atoms with Gasteiger partial charge in [-0.15, -0.1) is 0 Å². The molecule has 0 aliphatic heterocycles. The van der Waals surface area contributed by atoms with Crippen LogP contribution < -0.4 is 5.56 Å². The van der Waals surface area contributed by atoms with Crippen molar-refractivity contribution in [2.24, 2.45) is 7.05 Å². The summed E-state index contributed by atoms with van der Waals surface area (Å²) in [4.78, 5) is 11.9. The molecule has 2 aromatic rings. The Hall–Kier alpha value is -1.29. The van der Waals surface area contributed by atoms with Crippen molar-refractivity contribution in [1.29, 1.82) is 0 Å². The van der Waals surface area contributed by atoms with Crippen LogP contribution in [0, 0.1) is 6.92 Å². The van der Waals surface area contributed by atoms with Crippen LogP contribution in [0.3, 0.4) is 0 Å². The summed E-state index contributed by atoms with van der Waals surface area (Å²) in [7, 11) is 1.69. The van der Waals surface area contributed by atoms with E-state index in [0.717, 1.165) is 15.6 Å². The minimum Gasteiger partial charge on any atom is -0.507 e. The normalized spacial score (nSPS) is 10.9. The average molecular weight is 268 g/mol. The molecule has 0 bridgehead atoms. The van der Waals surface area contributed by atoms with Crippen LogP contribution in [0.25, 0.3) is 10.8 Å². The molecule has 1 heterocycles. The third-order valence-corrected chi connectivity index (χ3v) is 3.26. The maximum absolute atomic E-state index is 11.9. The van der Waals surface area contributed by atoms with Crippen LogP contribution >= 0.6 is 15.9 Å². The van der Waals surface area contributed by atoms with E-state index in [9.17, 15) is 9.90 Å². The maximum atomic E-state index is 11.9. The van der Waals surface area contributed by atoms with Crippen LogP contribution in [-0.4, -0.2) is 9.67 Å². The Morgan fingerprint density at radius 2 is 2.07 bits per heavy atom. The molecule has 0 saturated carbocycles. The second-order valence-corrected chi connectivity index (χ2v) is 4.36. The maximum Gasteiger partial charge on any atom is 0.262 e. The van der Waals surface area contributed by atoms with Gasteiger partial charge in [0.2, 0.25) is 0 Å². The average Bonchev–Trinajstić information content (AvgIpc) is 2.20. The van der Waals surface area contributed by atoms with Crippen LogP contribution in [0.5, 0.6) is 5.75 Å². The lowest BCUT2D eigenvalue weighted by Gasteiger charge is -2.08. The Morgan fingerprint density at radius 3 is 2.73 bits per heavy atom. The van der Waals surface area contributed by atoms with Crippen LogP contribution in [0.1, 0.15) is 5.69 Å². The van der Waals surface area contributed by atoms with Gasteiger partial charge in [-0.05, 0) is 25.1 Å². The van der Waals surface area contributed by atoms with Gasteiger partial charge >= 0.3 is 0 Å². The largest absolute Gasteiger partial charge is 0.507 e. The lowest BCUT2D eigenvalue weighted by Crippen LogP contribution is -2.18. The number of hydrogen-bond acceptors (Lipinski definition) is 2. The Morgan fingerprint density at radius 1 is 1.40 bits per heavy atom. The highest BCUT2D eigenvalue weighted by Gasteiger charge is 2.10. The Kier molecular flexibility index (Phi) is 2.31. The number of rotatable bonds is 0. The van der Waals surface area contributed by atoms with Gasteiger partial charge in [-0.1, -0.05) is 15.9 Å². The van der Waals surface area contributed by atoms with Crippen molar-refractivity contribution in [2.75, 3.05) is 0 Å². The molecule has 15 heavy (non-hydrogen) atoms. The van der Waals surface area contributed by atoms with Crippen LogP contribution in [-0.2, 0) is 7.05 Å². The summed E-state index contributed by atoms with van der Waals surface area (Å²) in [6.07, 6.45) is 0. The Bertz CT molecular complexity index is 602. The fraction of sp³-hybridized carbons (Fsp3) is 0.182. The van der Waals surface area contributed by atoms with Crippen molar-refractivity contribution in [3.63, 3.8) is 0 Å². The molecule has 0 unspecified atom stereocenters. The minimum absolute atomic E-state index is 0.0220. The number of aromatic hydroxyl groups is 1. The molecule has 3 nitrogen and oxygen atoms in total. The molecule has 1 aromatic carbocycles. The van der Waals surface area contributed by atoms with Crippen LogP contribution in [0.15, 0.2) is 27.5 Å². The van der Waals surface area contributed by atoms with Gasteiger partial charge in [-0.25, -0.2) is 0 Å². The molecule has 2 rings (SSSR count). The third kappa shape index (κ3) is 1.45. The number of phenolic OH excluding ortho intramolecular Hbond substituents is 1. The molecule has 4 heteroatoms. The monoisotopic (exact) mass is 267 g/mol. The van der Waals surface area contributed by atoms with Gasteiger partial charge < -0.3 is 9.67 Å². The molecule has 0 aliphatic rings. The highest BCUT2D eigenvalue weighted by molar-refractivity contribution is 9.10. The molecule has 1 aromatic heterocycles. The van der Waals surface area contributed by atoms with E-state index in [1.807, 2.05) is 13.0 Å². The zero-order valence-corrected chi connectivity index (χ0v) is 10.00. The van der Waals surface area contributed by atoms with Crippen LogP contribution in [0.2, 0.25) is 0 Å². The highest BCUT2D eigenvalue weighted by atomic mass is 79.9. The summed E-state index contributed by atoms with van der Waals surface area (Å²) in [5.74, 6) is 0.0220. The number of benzene rings is 1. The van der Waals surface area contributed by atoms with Gasteiger partial charge in [0, 0.05) is 22.6 Å². The fourth-order valence-electron chi connectivity index (χ4n) is 1.58. The molecular formula is C11H10BrNO2. The van der Waals surface area contributed by atoms with Crippen molar-refractivity contribution in [1.82, 2.24) is 4.57 Å². The number of pyridine rings is 1. The molecule has 1 N–H and O–H groups in total. The van der Waals surface area contributed by atoms with Crippen molar-refractivity contribution in [2.45, 2.75) is 6.92 Å². The summed E-state index contributed by atoms with van der Waals surface area (Å²) in [6.45, 7) is 1.86. The molecule has 0 spiro atoms. The molecule has 78 valence electrons. The minimum atomic E-state index is -0.177. The lowest BCUT2D eigenvalue weighted by molar-refractivity contribution is 0.480. The Balaban J connectivity index is 3.12. The summed E-state index contributed by atoms with van der Waals surface area (Å²) >= 11 is 3.36. The molecule has 0 fully saturated rings. The summed E-state index contributed by atoms with van der Waals surface area (Å²) < 4.78 is 2.34. The second-order valence-electron chi connectivity index (χ2n) is 3.51. The second kappa shape index (κ2) is 3.38. The number of halogens is 1. The summed E-state index contributed by atoms with van der Waals surface area (Å²) in [5, 5.41) is 10.8. The first-order valence-electron chi connectivity index (χ1n) is 4.50. The smallest absolute Gasteiger partial charge is 0.262 e. The first-order chi connectivity index (χ1) is 7.02. The Labute approximate surface area is 95.1 Å². The van der Waals surface area contributed by atoms with E-state index in [1.54, 1.807) is 13.1 Å². The van der Waals surface area contributed by atoms with Crippen molar-refractivity contribution < 1.29 is 5.11 Å². The van der Waals surface area contributed by atoms with Gasteiger partial charge in [0.05, 0.1) is 5.39 Å². The molecule has 0 saturated heterocycles. The van der Waals surface area contributed by atoms with E-state index >= 15 is 0 Å². The zero-order chi connectivity index (χ0) is 11.2. The predicted octanol–water partition coefficient (Wildman–Crippen LogP) is 2.32. The van der Waals surface area contributed by atoms with Gasteiger partial charge in [-0.3, -0.25) is 4.79 Å². The van der Waals surface area contributed by atoms with Gasteiger partial charge in [-0.2, -0.15) is 0 Å². The SMILES string of the molecule is Cc1cc2c(Br)ccc(O)c2c(=O)n1C. The zero-order valence-electron chi connectivity index (χ0n) is 8.41. The molecular weight excluding hydrogens is 258 g/mol. The number of fused-ring (bicyclic) bond motifs is 1. The molecule has 0 atom stereocenters. The van der Waals surface area contributed by atoms with E-state index < -0.39 is 0 Å². The highest BCUT2D eigenvalue weighted by Crippen LogP contribution is 2.28. The van der Waals surface area contributed by atoms with E-state index in [0.29, 0.717) is 5.39 Å². The molecule has 0 radical (unpaired) electrons. The topological polar surface area (TPSA) is 42.2 Å². The lowest BCUT2D eigenvalue weighted by atomic mass is 10.1. The van der Waals surface area contributed by atoms with Gasteiger partial charge in [0.25, 0.3) is 5.56 Å². The first-order valence-corrected chi connectivity index (χ1v) is 5.29.